The predicted molar refractivity (Wildman–Crippen MR) is 103 cm³/mol. The zero-order chi connectivity index (χ0) is 18.0. The molecule has 1 aliphatic heterocycles. The van der Waals surface area contributed by atoms with Gasteiger partial charge in [-0.05, 0) is 69.8 Å². The van der Waals surface area contributed by atoms with Gasteiger partial charge in [-0.1, -0.05) is 24.3 Å². The van der Waals surface area contributed by atoms with Crippen LogP contribution in [-0.2, 0) is 11.3 Å². The molecule has 2 amide bonds. The summed E-state index contributed by atoms with van der Waals surface area (Å²) in [6, 6.07) is 13.9. The fourth-order valence-corrected chi connectivity index (χ4v) is 3.72. The molecule has 124 valence electrons. The van der Waals surface area contributed by atoms with Crippen molar-refractivity contribution < 1.29 is 14.7 Å². The largest absolute Gasteiger partial charge is 0.507 e. The van der Waals surface area contributed by atoms with Crippen molar-refractivity contribution in [1.29, 1.82) is 5.26 Å². The predicted octanol–water partition coefficient (Wildman–Crippen LogP) is 4.10. The van der Waals surface area contributed by atoms with E-state index in [1.807, 2.05) is 22.6 Å². The molecule has 1 saturated heterocycles. The number of nitrogens with zero attached hydrogens (tertiary/aromatic N) is 2. The Morgan fingerprint density at radius 1 is 1.24 bits per heavy atom. The lowest BCUT2D eigenvalue weighted by Crippen LogP contribution is -2.27. The number of carbonyl (C=O) groups is 2. The number of hydrogen-bond acceptors (Lipinski definition) is 5. The number of carbonyl (C=O) groups excluding carboxylic acids is 2. The molecule has 1 fully saturated rings. The fraction of sp³-hybridized carbons (Fsp3) is 0.0556. The van der Waals surface area contributed by atoms with Gasteiger partial charge < -0.3 is 5.11 Å². The van der Waals surface area contributed by atoms with Crippen LogP contribution in [0.15, 0.2) is 47.4 Å². The summed E-state index contributed by atoms with van der Waals surface area (Å²) in [7, 11) is 0. The van der Waals surface area contributed by atoms with Gasteiger partial charge in [0.05, 0.1) is 26.7 Å². The maximum Gasteiger partial charge on any atom is 0.293 e. The number of hydrogen-bond donors (Lipinski definition) is 1. The van der Waals surface area contributed by atoms with Crippen LogP contribution in [0.25, 0.3) is 6.08 Å². The summed E-state index contributed by atoms with van der Waals surface area (Å²) in [5.74, 6) is -0.218. The Kier molecular flexibility index (Phi) is 5.11. The SMILES string of the molecule is N#Cc1ccccc1CN1C(=O)S/C(=C\c2ccc(O)c(I)c2)C1=O. The second kappa shape index (κ2) is 7.29. The third-order valence-corrected chi connectivity index (χ3v) is 5.38. The van der Waals surface area contributed by atoms with Gasteiger partial charge in [0.25, 0.3) is 11.1 Å². The summed E-state index contributed by atoms with van der Waals surface area (Å²) in [4.78, 5) is 26.2. The molecular formula is C18H11IN2O3S. The molecule has 3 rings (SSSR count). The maximum absolute atomic E-state index is 12.6. The molecule has 2 aromatic carbocycles. The zero-order valence-electron chi connectivity index (χ0n) is 12.8. The van der Waals surface area contributed by atoms with Crippen molar-refractivity contribution in [2.24, 2.45) is 0 Å². The van der Waals surface area contributed by atoms with E-state index in [9.17, 15) is 14.7 Å². The van der Waals surface area contributed by atoms with Crippen LogP contribution in [0.1, 0.15) is 16.7 Å². The molecule has 0 bridgehead atoms. The maximum atomic E-state index is 12.6. The highest BCUT2D eigenvalue weighted by Crippen LogP contribution is 2.34. The molecule has 1 N–H and O–H groups in total. The van der Waals surface area contributed by atoms with Gasteiger partial charge in [-0.3, -0.25) is 14.5 Å². The fourth-order valence-electron chi connectivity index (χ4n) is 2.34. The molecule has 0 radical (unpaired) electrons. The van der Waals surface area contributed by atoms with Crippen molar-refractivity contribution in [3.8, 4) is 11.8 Å². The van der Waals surface area contributed by atoms with E-state index in [0.29, 0.717) is 19.6 Å². The molecule has 0 spiro atoms. The normalized spacial score (nSPS) is 15.7. The van der Waals surface area contributed by atoms with E-state index < -0.39 is 0 Å². The first-order valence-corrected chi connectivity index (χ1v) is 9.11. The minimum Gasteiger partial charge on any atom is -0.507 e. The van der Waals surface area contributed by atoms with E-state index in [1.165, 1.54) is 0 Å². The standard InChI is InChI=1S/C18H11IN2O3S/c19-14-7-11(5-6-15(14)22)8-16-17(23)21(18(24)25-16)10-13-4-2-1-3-12(13)9-20/h1-8,22H,10H2/b16-8-. The van der Waals surface area contributed by atoms with Crippen LogP contribution in [0.5, 0.6) is 5.75 Å². The number of thioether (sulfide) groups is 1. The van der Waals surface area contributed by atoms with Crippen molar-refractivity contribution in [2.45, 2.75) is 6.54 Å². The molecule has 0 saturated carbocycles. The Bertz CT molecular complexity index is 950. The van der Waals surface area contributed by atoms with E-state index in [1.54, 1.807) is 48.5 Å². The summed E-state index contributed by atoms with van der Waals surface area (Å²) in [5.41, 5.74) is 1.80. The van der Waals surface area contributed by atoms with Gasteiger partial charge in [-0.25, -0.2) is 0 Å². The van der Waals surface area contributed by atoms with Crippen molar-refractivity contribution >= 4 is 51.6 Å². The van der Waals surface area contributed by atoms with E-state index >= 15 is 0 Å². The Morgan fingerprint density at radius 2 is 2.00 bits per heavy atom. The lowest BCUT2D eigenvalue weighted by molar-refractivity contribution is -0.123. The summed E-state index contributed by atoms with van der Waals surface area (Å²) >= 11 is 2.86. The number of aromatic hydroxyl groups is 1. The highest BCUT2D eigenvalue weighted by molar-refractivity contribution is 14.1. The molecule has 0 aliphatic carbocycles. The zero-order valence-corrected chi connectivity index (χ0v) is 15.7. The van der Waals surface area contributed by atoms with Gasteiger partial charge in [-0.15, -0.1) is 0 Å². The lowest BCUT2D eigenvalue weighted by Gasteiger charge is -2.13. The molecule has 1 heterocycles. The highest BCUT2D eigenvalue weighted by atomic mass is 127. The third-order valence-electron chi connectivity index (χ3n) is 3.61. The molecule has 1 aliphatic rings. The number of rotatable bonds is 3. The van der Waals surface area contributed by atoms with Gasteiger partial charge in [0.1, 0.15) is 5.75 Å². The van der Waals surface area contributed by atoms with Gasteiger partial charge in [0.2, 0.25) is 0 Å². The number of phenolic OH excluding ortho intramolecular Hbond substituents is 1. The number of halogens is 1. The van der Waals surface area contributed by atoms with Crippen LogP contribution in [-0.4, -0.2) is 21.2 Å². The second-order valence-corrected chi connectivity index (χ2v) is 7.40. The Morgan fingerprint density at radius 3 is 2.72 bits per heavy atom. The summed E-state index contributed by atoms with van der Waals surface area (Å²) < 4.78 is 0.661. The number of amides is 2. The lowest BCUT2D eigenvalue weighted by atomic mass is 10.1. The number of nitriles is 1. The Labute approximate surface area is 162 Å². The molecule has 7 heteroatoms. The Hall–Kier alpha value is -2.31. The van der Waals surface area contributed by atoms with Crippen LogP contribution in [0, 0.1) is 14.9 Å². The summed E-state index contributed by atoms with van der Waals surface area (Å²) in [6.07, 6.45) is 1.63. The quantitative estimate of drug-likeness (QED) is 0.549. The van der Waals surface area contributed by atoms with Crippen LogP contribution >= 0.6 is 34.4 Å². The van der Waals surface area contributed by atoms with Crippen molar-refractivity contribution in [3.05, 3.63) is 67.6 Å². The number of imide groups is 1. The molecule has 25 heavy (non-hydrogen) atoms. The average Bonchev–Trinajstić information content (AvgIpc) is 2.86. The van der Waals surface area contributed by atoms with Crippen molar-refractivity contribution in [1.82, 2.24) is 4.90 Å². The van der Waals surface area contributed by atoms with E-state index in [-0.39, 0.29) is 23.4 Å². The first-order chi connectivity index (χ1) is 12.0. The van der Waals surface area contributed by atoms with E-state index in [4.69, 9.17) is 5.26 Å². The molecule has 0 aromatic heterocycles. The monoisotopic (exact) mass is 462 g/mol. The van der Waals surface area contributed by atoms with Crippen LogP contribution < -0.4 is 0 Å². The molecule has 0 unspecified atom stereocenters. The molecule has 0 atom stereocenters. The second-order valence-electron chi connectivity index (χ2n) is 5.25. The van der Waals surface area contributed by atoms with Gasteiger partial charge in [0, 0.05) is 0 Å². The van der Waals surface area contributed by atoms with Gasteiger partial charge in [-0.2, -0.15) is 5.26 Å². The molecule has 5 nitrogen and oxygen atoms in total. The first-order valence-electron chi connectivity index (χ1n) is 7.21. The third kappa shape index (κ3) is 3.70. The van der Waals surface area contributed by atoms with E-state index in [2.05, 4.69) is 6.07 Å². The van der Waals surface area contributed by atoms with Crippen LogP contribution in [0.4, 0.5) is 4.79 Å². The Balaban J connectivity index is 1.86. The minimum atomic E-state index is -0.383. The number of phenols is 1. The smallest absolute Gasteiger partial charge is 0.293 e. The molecule has 2 aromatic rings. The highest BCUT2D eigenvalue weighted by Gasteiger charge is 2.35. The van der Waals surface area contributed by atoms with Crippen molar-refractivity contribution in [3.63, 3.8) is 0 Å². The summed E-state index contributed by atoms with van der Waals surface area (Å²) in [6.45, 7) is 0.0683. The van der Waals surface area contributed by atoms with Crippen molar-refractivity contribution in [2.75, 3.05) is 0 Å². The van der Waals surface area contributed by atoms with Gasteiger partial charge in [0.15, 0.2) is 0 Å². The first kappa shape index (κ1) is 17.5. The topological polar surface area (TPSA) is 81.4 Å². The van der Waals surface area contributed by atoms with Crippen LogP contribution in [0.2, 0.25) is 0 Å². The minimum absolute atomic E-state index is 0.0683. The van der Waals surface area contributed by atoms with Crippen LogP contribution in [0.3, 0.4) is 0 Å². The summed E-state index contributed by atoms with van der Waals surface area (Å²) in [5, 5.41) is 18.3. The number of benzene rings is 2. The molecular weight excluding hydrogens is 451 g/mol. The average molecular weight is 462 g/mol. The van der Waals surface area contributed by atoms with E-state index in [0.717, 1.165) is 22.2 Å². The van der Waals surface area contributed by atoms with Gasteiger partial charge >= 0.3 is 0 Å².